The molecule has 1 saturated heterocycles. The lowest BCUT2D eigenvalue weighted by molar-refractivity contribution is 0.157. The Kier molecular flexibility index (Phi) is 5.08. The Labute approximate surface area is 138 Å². The molecule has 1 saturated carbocycles. The van der Waals surface area contributed by atoms with Crippen molar-refractivity contribution in [1.29, 1.82) is 0 Å². The minimum atomic E-state index is -3.51. The summed E-state index contributed by atoms with van der Waals surface area (Å²) in [5.41, 5.74) is 0.555. The third-order valence-corrected chi connectivity index (χ3v) is 5.78. The molecule has 128 valence electrons. The SMILES string of the molecule is COCC1CCN(S(=O)(=O)Nc2ccc(OCC3CC3)cc2)C1. The minimum absolute atomic E-state index is 0.273. The summed E-state index contributed by atoms with van der Waals surface area (Å²) in [5.74, 6) is 1.75. The molecular formula is C16H24N2O4S. The lowest BCUT2D eigenvalue weighted by Crippen LogP contribution is -2.34. The normalized spacial score (nSPS) is 22.2. The van der Waals surface area contributed by atoms with Crippen molar-refractivity contribution < 1.29 is 17.9 Å². The molecule has 7 heteroatoms. The van der Waals surface area contributed by atoms with Crippen LogP contribution in [0.3, 0.4) is 0 Å². The maximum absolute atomic E-state index is 12.4. The fraction of sp³-hybridized carbons (Fsp3) is 0.625. The first kappa shape index (κ1) is 16.5. The lowest BCUT2D eigenvalue weighted by Gasteiger charge is -2.18. The molecule has 1 aromatic carbocycles. The van der Waals surface area contributed by atoms with Crippen molar-refractivity contribution in [3.05, 3.63) is 24.3 Å². The van der Waals surface area contributed by atoms with E-state index in [0.29, 0.717) is 31.3 Å². The van der Waals surface area contributed by atoms with E-state index in [1.807, 2.05) is 0 Å². The maximum Gasteiger partial charge on any atom is 0.301 e. The smallest absolute Gasteiger partial charge is 0.301 e. The third-order valence-electron chi connectivity index (χ3n) is 4.27. The van der Waals surface area contributed by atoms with Crippen LogP contribution in [0.5, 0.6) is 5.75 Å². The van der Waals surface area contributed by atoms with E-state index in [1.165, 1.54) is 17.1 Å². The highest BCUT2D eigenvalue weighted by molar-refractivity contribution is 7.90. The second kappa shape index (κ2) is 7.07. The zero-order chi connectivity index (χ0) is 16.3. The van der Waals surface area contributed by atoms with Crippen LogP contribution in [-0.4, -0.2) is 46.1 Å². The standard InChI is InChI=1S/C16H24N2O4S/c1-21-11-14-8-9-18(10-14)23(19,20)17-15-4-6-16(7-5-15)22-12-13-2-3-13/h4-7,13-14,17H,2-3,8-12H2,1H3. The number of anilines is 1. The van der Waals surface area contributed by atoms with Crippen LogP contribution >= 0.6 is 0 Å². The topological polar surface area (TPSA) is 67.9 Å². The van der Waals surface area contributed by atoms with Crippen molar-refractivity contribution in [2.24, 2.45) is 11.8 Å². The largest absolute Gasteiger partial charge is 0.493 e. The molecule has 23 heavy (non-hydrogen) atoms. The van der Waals surface area contributed by atoms with Gasteiger partial charge in [-0.25, -0.2) is 0 Å². The number of nitrogens with zero attached hydrogens (tertiary/aromatic N) is 1. The van der Waals surface area contributed by atoms with Gasteiger partial charge in [-0.05, 0) is 55.4 Å². The first-order valence-electron chi connectivity index (χ1n) is 8.06. The summed E-state index contributed by atoms with van der Waals surface area (Å²) in [6, 6.07) is 7.08. The van der Waals surface area contributed by atoms with Crippen LogP contribution in [-0.2, 0) is 14.9 Å². The number of hydrogen-bond donors (Lipinski definition) is 1. The summed E-state index contributed by atoms with van der Waals surface area (Å²) in [7, 11) is -1.86. The lowest BCUT2D eigenvalue weighted by atomic mass is 10.1. The van der Waals surface area contributed by atoms with Gasteiger partial charge in [0.15, 0.2) is 0 Å². The summed E-state index contributed by atoms with van der Waals surface area (Å²) in [4.78, 5) is 0. The number of nitrogens with one attached hydrogen (secondary N) is 1. The Hall–Kier alpha value is -1.31. The Morgan fingerprint density at radius 1 is 1.13 bits per heavy atom. The van der Waals surface area contributed by atoms with E-state index < -0.39 is 10.2 Å². The van der Waals surface area contributed by atoms with Gasteiger partial charge in [0.2, 0.25) is 0 Å². The molecule has 1 heterocycles. The Morgan fingerprint density at radius 2 is 1.87 bits per heavy atom. The fourth-order valence-electron chi connectivity index (χ4n) is 2.72. The molecule has 1 atom stereocenters. The molecule has 0 amide bonds. The molecule has 1 unspecified atom stereocenters. The molecule has 1 aromatic rings. The fourth-order valence-corrected chi connectivity index (χ4v) is 4.03. The summed E-state index contributed by atoms with van der Waals surface area (Å²) in [5, 5.41) is 0. The van der Waals surface area contributed by atoms with Gasteiger partial charge < -0.3 is 9.47 Å². The molecule has 0 spiro atoms. The van der Waals surface area contributed by atoms with Gasteiger partial charge in [0.1, 0.15) is 5.75 Å². The highest BCUT2D eigenvalue weighted by Gasteiger charge is 2.31. The van der Waals surface area contributed by atoms with Crippen LogP contribution < -0.4 is 9.46 Å². The van der Waals surface area contributed by atoms with Crippen LogP contribution in [0.1, 0.15) is 19.3 Å². The van der Waals surface area contributed by atoms with Gasteiger partial charge in [0.25, 0.3) is 0 Å². The molecule has 0 radical (unpaired) electrons. The number of rotatable bonds is 8. The highest BCUT2D eigenvalue weighted by atomic mass is 32.2. The Balaban J connectivity index is 1.54. The summed E-state index contributed by atoms with van der Waals surface area (Å²) in [6.07, 6.45) is 3.33. The van der Waals surface area contributed by atoms with Gasteiger partial charge in [-0.1, -0.05) is 0 Å². The van der Waals surface area contributed by atoms with Gasteiger partial charge in [0, 0.05) is 20.2 Å². The summed E-state index contributed by atoms with van der Waals surface area (Å²) >= 11 is 0. The molecule has 0 bridgehead atoms. The number of methoxy groups -OCH3 is 1. The zero-order valence-electron chi connectivity index (χ0n) is 13.4. The average Bonchev–Trinajstić information content (AvgIpc) is 3.23. The predicted octanol–water partition coefficient (Wildman–Crippen LogP) is 2.10. The van der Waals surface area contributed by atoms with E-state index in [-0.39, 0.29) is 5.92 Å². The van der Waals surface area contributed by atoms with Crippen LogP contribution in [0.4, 0.5) is 5.69 Å². The predicted molar refractivity (Wildman–Crippen MR) is 88.8 cm³/mol. The zero-order valence-corrected chi connectivity index (χ0v) is 14.2. The molecule has 1 aliphatic heterocycles. The van der Waals surface area contributed by atoms with E-state index in [4.69, 9.17) is 9.47 Å². The molecule has 0 aromatic heterocycles. The van der Waals surface area contributed by atoms with Crippen LogP contribution in [0, 0.1) is 11.8 Å². The minimum Gasteiger partial charge on any atom is -0.493 e. The molecule has 6 nitrogen and oxygen atoms in total. The highest BCUT2D eigenvalue weighted by Crippen LogP contribution is 2.30. The second-order valence-corrected chi connectivity index (χ2v) is 8.02. The van der Waals surface area contributed by atoms with Crippen LogP contribution in [0.15, 0.2) is 24.3 Å². The van der Waals surface area contributed by atoms with Gasteiger partial charge in [-0.2, -0.15) is 12.7 Å². The second-order valence-electron chi connectivity index (χ2n) is 6.35. The number of ether oxygens (including phenoxy) is 2. The van der Waals surface area contributed by atoms with Crippen LogP contribution in [0.25, 0.3) is 0 Å². The van der Waals surface area contributed by atoms with Gasteiger partial charge >= 0.3 is 10.2 Å². The maximum atomic E-state index is 12.4. The Morgan fingerprint density at radius 3 is 2.52 bits per heavy atom. The molecule has 2 aliphatic rings. The molecular weight excluding hydrogens is 316 g/mol. The average molecular weight is 340 g/mol. The van der Waals surface area contributed by atoms with E-state index >= 15 is 0 Å². The first-order valence-corrected chi connectivity index (χ1v) is 9.50. The molecule has 1 N–H and O–H groups in total. The molecule has 1 aliphatic carbocycles. The molecule has 2 fully saturated rings. The summed E-state index contributed by atoms with van der Waals surface area (Å²) < 4.78 is 39.7. The number of benzene rings is 1. The van der Waals surface area contributed by atoms with Crippen molar-refractivity contribution >= 4 is 15.9 Å². The van der Waals surface area contributed by atoms with E-state index in [1.54, 1.807) is 31.4 Å². The Bertz CT molecular complexity index is 613. The quantitative estimate of drug-likeness (QED) is 0.787. The van der Waals surface area contributed by atoms with Gasteiger partial charge in [0.05, 0.1) is 18.9 Å². The van der Waals surface area contributed by atoms with Crippen molar-refractivity contribution in [1.82, 2.24) is 4.31 Å². The molecule has 3 rings (SSSR count). The monoisotopic (exact) mass is 340 g/mol. The van der Waals surface area contributed by atoms with E-state index in [2.05, 4.69) is 4.72 Å². The summed E-state index contributed by atoms with van der Waals surface area (Å²) in [6.45, 7) is 2.39. The van der Waals surface area contributed by atoms with Crippen molar-refractivity contribution in [2.75, 3.05) is 38.1 Å². The van der Waals surface area contributed by atoms with Gasteiger partial charge in [-0.3, -0.25) is 4.72 Å². The van der Waals surface area contributed by atoms with E-state index in [9.17, 15) is 8.42 Å². The van der Waals surface area contributed by atoms with E-state index in [0.717, 1.165) is 18.8 Å². The van der Waals surface area contributed by atoms with Crippen LogP contribution in [0.2, 0.25) is 0 Å². The first-order chi connectivity index (χ1) is 11.1. The van der Waals surface area contributed by atoms with Crippen molar-refractivity contribution in [2.45, 2.75) is 19.3 Å². The third kappa shape index (κ3) is 4.59. The van der Waals surface area contributed by atoms with Crippen molar-refractivity contribution in [3.63, 3.8) is 0 Å². The van der Waals surface area contributed by atoms with Gasteiger partial charge in [-0.15, -0.1) is 0 Å². The number of hydrogen-bond acceptors (Lipinski definition) is 4. The van der Waals surface area contributed by atoms with Crippen molar-refractivity contribution in [3.8, 4) is 5.75 Å².